The first-order valence-corrected chi connectivity index (χ1v) is 10.5. The van der Waals surface area contributed by atoms with Crippen LogP contribution in [0.15, 0.2) is 71.6 Å². The van der Waals surface area contributed by atoms with Gasteiger partial charge in [-0.15, -0.1) is 0 Å². The molecule has 0 bridgehead atoms. The Morgan fingerprint density at radius 3 is 2.24 bits per heavy atom. The molecule has 0 radical (unpaired) electrons. The first-order valence-electron chi connectivity index (χ1n) is 8.63. The lowest BCUT2D eigenvalue weighted by Gasteiger charge is -2.11. The summed E-state index contributed by atoms with van der Waals surface area (Å²) < 4.78 is 32.6. The topological polar surface area (TPSA) is 84.5 Å². The molecular formula is C21H19ClN2O4S. The third kappa shape index (κ3) is 5.07. The number of carbonyl (C=O) groups excluding carboxylic acids is 1. The minimum atomic E-state index is -3.71. The summed E-state index contributed by atoms with van der Waals surface area (Å²) in [5, 5.41) is 3.19. The number of aryl methyl sites for hydroxylation is 1. The van der Waals surface area contributed by atoms with Gasteiger partial charge in [-0.05, 0) is 61.5 Å². The Kier molecular flexibility index (Phi) is 6.10. The zero-order valence-corrected chi connectivity index (χ0v) is 17.3. The molecular weight excluding hydrogens is 412 g/mol. The van der Waals surface area contributed by atoms with Gasteiger partial charge in [-0.3, -0.25) is 9.52 Å². The second-order valence-corrected chi connectivity index (χ2v) is 8.41. The average Bonchev–Trinajstić information content (AvgIpc) is 2.69. The number of sulfonamides is 1. The molecule has 0 aliphatic rings. The predicted molar refractivity (Wildman–Crippen MR) is 114 cm³/mol. The number of benzene rings is 3. The van der Waals surface area contributed by atoms with Crippen LogP contribution in [0.5, 0.6) is 5.75 Å². The van der Waals surface area contributed by atoms with Crippen molar-refractivity contribution in [1.82, 2.24) is 0 Å². The number of rotatable bonds is 6. The maximum atomic E-state index is 12.5. The molecule has 150 valence electrons. The second kappa shape index (κ2) is 8.55. The van der Waals surface area contributed by atoms with Crippen LogP contribution in [0.1, 0.15) is 15.9 Å². The minimum Gasteiger partial charge on any atom is -0.495 e. The Morgan fingerprint density at radius 1 is 0.966 bits per heavy atom. The smallest absolute Gasteiger partial charge is 0.261 e. The maximum absolute atomic E-state index is 12.5. The van der Waals surface area contributed by atoms with Crippen LogP contribution in [-0.2, 0) is 10.0 Å². The summed E-state index contributed by atoms with van der Waals surface area (Å²) in [6.07, 6.45) is 0. The van der Waals surface area contributed by atoms with E-state index >= 15 is 0 Å². The van der Waals surface area contributed by atoms with E-state index in [0.717, 1.165) is 5.56 Å². The number of anilines is 2. The summed E-state index contributed by atoms with van der Waals surface area (Å²) in [7, 11) is -2.21. The van der Waals surface area contributed by atoms with Gasteiger partial charge in [-0.2, -0.15) is 0 Å². The molecule has 0 spiro atoms. The standard InChI is InChI=1S/C21H19ClN2O4S/c1-14-3-10-18(11-4-14)29(26,27)24-17-8-5-15(6-9-17)21(25)23-19-13-16(22)7-12-20(19)28-2/h3-13,24H,1-2H3,(H,23,25). The first kappa shape index (κ1) is 20.7. The van der Waals surface area contributed by atoms with Gasteiger partial charge in [0.05, 0.1) is 17.7 Å². The van der Waals surface area contributed by atoms with Crippen LogP contribution in [0.3, 0.4) is 0 Å². The molecule has 29 heavy (non-hydrogen) atoms. The van der Waals surface area contributed by atoms with Crippen molar-refractivity contribution in [3.63, 3.8) is 0 Å². The van der Waals surface area contributed by atoms with E-state index in [2.05, 4.69) is 10.0 Å². The van der Waals surface area contributed by atoms with Gasteiger partial charge in [-0.25, -0.2) is 8.42 Å². The lowest BCUT2D eigenvalue weighted by molar-refractivity contribution is 0.102. The molecule has 0 fully saturated rings. The highest BCUT2D eigenvalue weighted by atomic mass is 35.5. The van der Waals surface area contributed by atoms with Gasteiger partial charge in [0.2, 0.25) is 0 Å². The number of ether oxygens (including phenoxy) is 1. The van der Waals surface area contributed by atoms with Crippen molar-refractivity contribution in [2.75, 3.05) is 17.1 Å². The van der Waals surface area contributed by atoms with E-state index < -0.39 is 10.0 Å². The van der Waals surface area contributed by atoms with Gasteiger partial charge in [0, 0.05) is 16.3 Å². The second-order valence-electron chi connectivity index (χ2n) is 6.29. The fourth-order valence-electron chi connectivity index (χ4n) is 2.59. The van der Waals surface area contributed by atoms with Crippen molar-refractivity contribution in [3.05, 3.63) is 82.9 Å². The van der Waals surface area contributed by atoms with E-state index in [1.54, 1.807) is 30.3 Å². The van der Waals surface area contributed by atoms with Crippen LogP contribution < -0.4 is 14.8 Å². The number of carbonyl (C=O) groups is 1. The third-order valence-corrected chi connectivity index (χ3v) is 5.77. The molecule has 0 atom stereocenters. The van der Waals surface area contributed by atoms with Gasteiger partial charge < -0.3 is 10.1 Å². The van der Waals surface area contributed by atoms with Crippen LogP contribution in [0, 0.1) is 6.92 Å². The summed E-state index contributed by atoms with van der Waals surface area (Å²) in [6.45, 7) is 1.88. The largest absolute Gasteiger partial charge is 0.495 e. The highest BCUT2D eigenvalue weighted by Crippen LogP contribution is 2.28. The molecule has 3 aromatic carbocycles. The summed E-state index contributed by atoms with van der Waals surface area (Å²) in [5.74, 6) is 0.101. The molecule has 3 aromatic rings. The fourth-order valence-corrected chi connectivity index (χ4v) is 3.82. The molecule has 6 nitrogen and oxygen atoms in total. The number of hydrogen-bond acceptors (Lipinski definition) is 4. The van der Waals surface area contributed by atoms with Gasteiger partial charge in [0.25, 0.3) is 15.9 Å². The molecule has 3 rings (SSSR count). The Labute approximate surface area is 174 Å². The van der Waals surface area contributed by atoms with Gasteiger partial charge in [0.15, 0.2) is 0 Å². The molecule has 0 unspecified atom stereocenters. The molecule has 0 heterocycles. The van der Waals surface area contributed by atoms with Crippen LogP contribution in [0.25, 0.3) is 0 Å². The highest BCUT2D eigenvalue weighted by Gasteiger charge is 2.15. The van der Waals surface area contributed by atoms with Crippen molar-refractivity contribution in [3.8, 4) is 5.75 Å². The quantitative estimate of drug-likeness (QED) is 0.593. The summed E-state index contributed by atoms with van der Waals surface area (Å²) >= 11 is 5.97. The van der Waals surface area contributed by atoms with Crippen molar-refractivity contribution in [1.29, 1.82) is 0 Å². The van der Waals surface area contributed by atoms with Crippen LogP contribution >= 0.6 is 11.6 Å². The number of nitrogens with one attached hydrogen (secondary N) is 2. The maximum Gasteiger partial charge on any atom is 0.261 e. The molecule has 0 aromatic heterocycles. The number of amides is 1. The monoisotopic (exact) mass is 430 g/mol. The van der Waals surface area contributed by atoms with Crippen LogP contribution in [0.2, 0.25) is 5.02 Å². The molecule has 0 aliphatic carbocycles. The van der Waals surface area contributed by atoms with E-state index in [9.17, 15) is 13.2 Å². The normalized spacial score (nSPS) is 11.0. The third-order valence-electron chi connectivity index (χ3n) is 4.14. The fraction of sp³-hybridized carbons (Fsp3) is 0.0952. The van der Waals surface area contributed by atoms with E-state index in [-0.39, 0.29) is 10.8 Å². The highest BCUT2D eigenvalue weighted by molar-refractivity contribution is 7.92. The molecule has 2 N–H and O–H groups in total. The molecule has 0 saturated carbocycles. The predicted octanol–water partition coefficient (Wildman–Crippen LogP) is 4.71. The molecule has 0 aliphatic heterocycles. The van der Waals surface area contributed by atoms with Gasteiger partial charge in [-0.1, -0.05) is 29.3 Å². The SMILES string of the molecule is COc1ccc(Cl)cc1NC(=O)c1ccc(NS(=O)(=O)c2ccc(C)cc2)cc1. The van der Waals surface area contributed by atoms with Crippen LogP contribution in [-0.4, -0.2) is 21.4 Å². The van der Waals surface area contributed by atoms with Crippen molar-refractivity contribution >= 4 is 38.9 Å². The summed E-state index contributed by atoms with van der Waals surface area (Å²) in [6, 6.07) is 17.5. The van der Waals surface area contributed by atoms with E-state index in [4.69, 9.17) is 16.3 Å². The molecule has 8 heteroatoms. The Hall–Kier alpha value is -3.03. The Bertz CT molecular complexity index is 1130. The zero-order valence-electron chi connectivity index (χ0n) is 15.8. The van der Waals surface area contributed by atoms with E-state index in [1.165, 1.54) is 43.5 Å². The lowest BCUT2D eigenvalue weighted by atomic mass is 10.2. The lowest BCUT2D eigenvalue weighted by Crippen LogP contribution is -2.14. The number of hydrogen-bond donors (Lipinski definition) is 2. The minimum absolute atomic E-state index is 0.165. The van der Waals surface area contributed by atoms with Crippen molar-refractivity contribution < 1.29 is 17.9 Å². The number of halogens is 1. The van der Waals surface area contributed by atoms with E-state index in [0.29, 0.717) is 27.7 Å². The first-order chi connectivity index (χ1) is 13.8. The van der Waals surface area contributed by atoms with Crippen molar-refractivity contribution in [2.45, 2.75) is 11.8 Å². The summed E-state index contributed by atoms with van der Waals surface area (Å²) in [4.78, 5) is 12.7. The Morgan fingerprint density at radius 2 is 1.62 bits per heavy atom. The Balaban J connectivity index is 1.74. The number of methoxy groups -OCH3 is 1. The van der Waals surface area contributed by atoms with E-state index in [1.807, 2.05) is 6.92 Å². The van der Waals surface area contributed by atoms with Crippen LogP contribution in [0.4, 0.5) is 11.4 Å². The van der Waals surface area contributed by atoms with Gasteiger partial charge in [0.1, 0.15) is 5.75 Å². The zero-order chi connectivity index (χ0) is 21.0. The average molecular weight is 431 g/mol. The van der Waals surface area contributed by atoms with Gasteiger partial charge >= 0.3 is 0 Å². The molecule has 0 saturated heterocycles. The summed E-state index contributed by atoms with van der Waals surface area (Å²) in [5.41, 5.74) is 2.11. The molecule has 1 amide bonds. The van der Waals surface area contributed by atoms with Crippen molar-refractivity contribution in [2.24, 2.45) is 0 Å².